The van der Waals surface area contributed by atoms with Gasteiger partial charge in [0.1, 0.15) is 6.33 Å². The first-order valence-corrected chi connectivity index (χ1v) is 9.37. The third kappa shape index (κ3) is 2.68. The second-order valence-electron chi connectivity index (χ2n) is 7.28. The van der Waals surface area contributed by atoms with Crippen LogP contribution < -0.4 is 9.80 Å². The molecule has 6 heteroatoms. The lowest BCUT2D eigenvalue weighted by Crippen LogP contribution is -2.52. The first-order chi connectivity index (χ1) is 13.2. The molecule has 1 fully saturated rings. The van der Waals surface area contributed by atoms with Crippen molar-refractivity contribution >= 4 is 28.2 Å². The second-order valence-corrected chi connectivity index (χ2v) is 7.28. The van der Waals surface area contributed by atoms with Crippen molar-refractivity contribution in [2.75, 3.05) is 29.4 Å². The van der Waals surface area contributed by atoms with E-state index in [0.717, 1.165) is 42.1 Å². The molecule has 0 N–H and O–H groups in total. The highest BCUT2D eigenvalue weighted by atomic mass is 15.3. The van der Waals surface area contributed by atoms with Crippen LogP contribution in [0.25, 0.3) is 16.7 Å². The molecular weight excluding hydrogens is 336 g/mol. The van der Waals surface area contributed by atoms with Crippen LogP contribution in [0.15, 0.2) is 54.9 Å². The van der Waals surface area contributed by atoms with Gasteiger partial charge in [0, 0.05) is 31.4 Å². The van der Waals surface area contributed by atoms with Crippen LogP contribution in [0.3, 0.4) is 0 Å². The fraction of sp³-hybridized carbons (Fsp3) is 0.286. The van der Waals surface area contributed by atoms with Gasteiger partial charge in [-0.2, -0.15) is 0 Å². The second kappa shape index (κ2) is 6.23. The van der Waals surface area contributed by atoms with E-state index in [4.69, 9.17) is 4.98 Å². The van der Waals surface area contributed by atoms with Crippen molar-refractivity contribution in [3.05, 3.63) is 60.4 Å². The Morgan fingerprint density at radius 3 is 2.78 bits per heavy atom. The minimum absolute atomic E-state index is 0.386. The SMILES string of the molecule is Cc1cccc(N2CCN(c3nc4ccccc4n4cnnc34)C[C@@H]2C)c1. The number of aryl methyl sites for hydroxylation is 1. The van der Waals surface area contributed by atoms with Gasteiger partial charge in [0.2, 0.25) is 5.65 Å². The van der Waals surface area contributed by atoms with E-state index in [0.29, 0.717) is 6.04 Å². The molecule has 0 radical (unpaired) electrons. The highest BCUT2D eigenvalue weighted by Gasteiger charge is 2.27. The summed E-state index contributed by atoms with van der Waals surface area (Å²) in [5.41, 5.74) is 5.41. The third-order valence-electron chi connectivity index (χ3n) is 5.38. The molecule has 0 spiro atoms. The molecule has 0 unspecified atom stereocenters. The van der Waals surface area contributed by atoms with Gasteiger partial charge in [0.25, 0.3) is 0 Å². The quantitative estimate of drug-likeness (QED) is 0.550. The summed E-state index contributed by atoms with van der Waals surface area (Å²) in [5, 5.41) is 8.49. The highest BCUT2D eigenvalue weighted by Crippen LogP contribution is 2.27. The van der Waals surface area contributed by atoms with Crippen LogP contribution in [0, 0.1) is 6.92 Å². The number of rotatable bonds is 2. The van der Waals surface area contributed by atoms with Crippen molar-refractivity contribution in [2.45, 2.75) is 19.9 Å². The molecule has 1 atom stereocenters. The third-order valence-corrected chi connectivity index (χ3v) is 5.38. The van der Waals surface area contributed by atoms with Gasteiger partial charge >= 0.3 is 0 Å². The molecule has 136 valence electrons. The Balaban J connectivity index is 1.50. The van der Waals surface area contributed by atoms with Crippen molar-refractivity contribution in [1.29, 1.82) is 0 Å². The molecule has 1 aliphatic rings. The summed E-state index contributed by atoms with van der Waals surface area (Å²) in [7, 11) is 0. The van der Waals surface area contributed by atoms with E-state index in [1.807, 2.05) is 22.6 Å². The molecule has 5 rings (SSSR count). The van der Waals surface area contributed by atoms with Gasteiger partial charge in [-0.05, 0) is 43.7 Å². The van der Waals surface area contributed by atoms with Gasteiger partial charge in [-0.3, -0.25) is 4.40 Å². The fourth-order valence-corrected chi connectivity index (χ4v) is 4.04. The van der Waals surface area contributed by atoms with Crippen LogP contribution in [0.1, 0.15) is 12.5 Å². The zero-order valence-electron chi connectivity index (χ0n) is 15.6. The summed E-state index contributed by atoms with van der Waals surface area (Å²) < 4.78 is 2.04. The number of hydrogen-bond donors (Lipinski definition) is 0. The predicted octanol–water partition coefficient (Wildman–Crippen LogP) is 3.30. The van der Waals surface area contributed by atoms with E-state index in [-0.39, 0.29) is 0 Å². The molecule has 2 aromatic carbocycles. The summed E-state index contributed by atoms with van der Waals surface area (Å²) in [5.74, 6) is 0.918. The lowest BCUT2D eigenvalue weighted by molar-refractivity contribution is 0.548. The highest BCUT2D eigenvalue weighted by molar-refractivity contribution is 5.83. The molecule has 0 saturated carbocycles. The molecule has 27 heavy (non-hydrogen) atoms. The van der Waals surface area contributed by atoms with Crippen LogP contribution >= 0.6 is 0 Å². The van der Waals surface area contributed by atoms with Gasteiger partial charge in [-0.25, -0.2) is 4.98 Å². The van der Waals surface area contributed by atoms with Crippen molar-refractivity contribution in [3.63, 3.8) is 0 Å². The van der Waals surface area contributed by atoms with Crippen LogP contribution in [0.5, 0.6) is 0 Å². The summed E-state index contributed by atoms with van der Waals surface area (Å²) in [6, 6.07) is 17.3. The van der Waals surface area contributed by atoms with E-state index in [1.165, 1.54) is 11.3 Å². The van der Waals surface area contributed by atoms with Crippen molar-refractivity contribution < 1.29 is 0 Å². The maximum absolute atomic E-state index is 4.93. The maximum atomic E-state index is 4.93. The normalized spacial score (nSPS) is 17.8. The van der Waals surface area contributed by atoms with Gasteiger partial charge in [0.15, 0.2) is 5.82 Å². The minimum Gasteiger partial charge on any atom is -0.365 e. The molecule has 0 bridgehead atoms. The molecule has 2 aromatic heterocycles. The van der Waals surface area contributed by atoms with E-state index in [9.17, 15) is 0 Å². The number of hydrogen-bond acceptors (Lipinski definition) is 5. The molecule has 4 aromatic rings. The Kier molecular flexibility index (Phi) is 3.70. The smallest absolute Gasteiger partial charge is 0.204 e. The van der Waals surface area contributed by atoms with Crippen LogP contribution in [0.4, 0.5) is 11.5 Å². The number of piperazine rings is 1. The number of benzene rings is 2. The van der Waals surface area contributed by atoms with Crippen LogP contribution in [-0.2, 0) is 0 Å². The predicted molar refractivity (Wildman–Crippen MR) is 108 cm³/mol. The molecule has 0 aliphatic carbocycles. The minimum atomic E-state index is 0.386. The Hall–Kier alpha value is -3.15. The van der Waals surface area contributed by atoms with Crippen LogP contribution in [-0.4, -0.2) is 45.3 Å². The number of nitrogens with zero attached hydrogens (tertiary/aromatic N) is 6. The molecular formula is C21H22N6. The van der Waals surface area contributed by atoms with E-state index < -0.39 is 0 Å². The van der Waals surface area contributed by atoms with E-state index >= 15 is 0 Å². The van der Waals surface area contributed by atoms with E-state index in [1.54, 1.807) is 6.33 Å². The molecule has 1 aliphatic heterocycles. The Morgan fingerprint density at radius 2 is 1.93 bits per heavy atom. The molecule has 1 saturated heterocycles. The first-order valence-electron chi connectivity index (χ1n) is 9.37. The maximum Gasteiger partial charge on any atom is 0.204 e. The monoisotopic (exact) mass is 358 g/mol. The standard InChI is InChI=1S/C21H22N6/c1-15-6-5-7-17(12-15)26-11-10-25(13-16(26)2)20-21-24-22-14-27(21)19-9-4-3-8-18(19)23-20/h3-9,12,14,16H,10-11,13H2,1-2H3/t16-/m0/s1. The van der Waals surface area contributed by atoms with Crippen molar-refractivity contribution in [1.82, 2.24) is 19.6 Å². The lowest BCUT2D eigenvalue weighted by atomic mass is 10.1. The van der Waals surface area contributed by atoms with Crippen molar-refractivity contribution in [3.8, 4) is 0 Å². The van der Waals surface area contributed by atoms with Gasteiger partial charge in [0.05, 0.1) is 11.0 Å². The molecule has 0 amide bonds. The lowest BCUT2D eigenvalue weighted by Gasteiger charge is -2.41. The van der Waals surface area contributed by atoms with E-state index in [2.05, 4.69) is 64.2 Å². The number of fused-ring (bicyclic) bond motifs is 3. The van der Waals surface area contributed by atoms with Crippen LogP contribution in [0.2, 0.25) is 0 Å². The molecule has 3 heterocycles. The van der Waals surface area contributed by atoms with Crippen molar-refractivity contribution in [2.24, 2.45) is 0 Å². The Morgan fingerprint density at radius 1 is 1.04 bits per heavy atom. The number of para-hydroxylation sites is 2. The summed E-state index contributed by atoms with van der Waals surface area (Å²) in [6.45, 7) is 7.19. The fourth-order valence-electron chi connectivity index (χ4n) is 4.04. The number of anilines is 2. The van der Waals surface area contributed by atoms with Gasteiger partial charge in [-0.15, -0.1) is 10.2 Å². The molecule has 6 nitrogen and oxygen atoms in total. The Labute approximate surface area is 158 Å². The average Bonchev–Trinajstić information content (AvgIpc) is 3.17. The zero-order valence-corrected chi connectivity index (χ0v) is 15.6. The summed E-state index contributed by atoms with van der Waals surface area (Å²) in [6.07, 6.45) is 1.77. The largest absolute Gasteiger partial charge is 0.365 e. The number of aromatic nitrogens is 4. The summed E-state index contributed by atoms with van der Waals surface area (Å²) >= 11 is 0. The topological polar surface area (TPSA) is 49.6 Å². The first kappa shape index (κ1) is 16.1. The Bertz CT molecular complexity index is 1120. The zero-order chi connectivity index (χ0) is 18.4. The van der Waals surface area contributed by atoms with Gasteiger partial charge in [-0.1, -0.05) is 24.3 Å². The average molecular weight is 358 g/mol. The summed E-state index contributed by atoms with van der Waals surface area (Å²) in [4.78, 5) is 9.75. The van der Waals surface area contributed by atoms with Gasteiger partial charge < -0.3 is 9.80 Å².